The highest BCUT2D eigenvalue weighted by Crippen LogP contribution is 2.31. The smallest absolute Gasteiger partial charge is 0.257 e. The van der Waals surface area contributed by atoms with Crippen molar-refractivity contribution in [1.82, 2.24) is 9.97 Å². The van der Waals surface area contributed by atoms with E-state index in [0.717, 1.165) is 26.5 Å². The summed E-state index contributed by atoms with van der Waals surface area (Å²) in [5.41, 5.74) is 3.83. The fourth-order valence-corrected chi connectivity index (χ4v) is 3.97. The molecule has 0 aliphatic carbocycles. The zero-order valence-corrected chi connectivity index (χ0v) is 16.5. The van der Waals surface area contributed by atoms with Crippen LogP contribution in [-0.4, -0.2) is 15.9 Å². The number of nitrogens with one attached hydrogen (secondary N) is 1. The van der Waals surface area contributed by atoms with E-state index in [4.69, 9.17) is 23.2 Å². The third-order valence-electron chi connectivity index (χ3n) is 4.06. The summed E-state index contributed by atoms with van der Waals surface area (Å²) in [5, 5.41) is 4.59. The first-order valence-electron chi connectivity index (χ1n) is 8.10. The first-order chi connectivity index (χ1) is 13.0. The van der Waals surface area contributed by atoms with Crippen molar-refractivity contribution in [3.8, 4) is 10.6 Å². The minimum Gasteiger partial charge on any atom is -0.322 e. The van der Waals surface area contributed by atoms with Crippen molar-refractivity contribution < 1.29 is 4.79 Å². The quantitative estimate of drug-likeness (QED) is 0.433. The van der Waals surface area contributed by atoms with Gasteiger partial charge in [0.1, 0.15) is 15.4 Å². The number of aromatic nitrogens is 2. The van der Waals surface area contributed by atoms with Crippen LogP contribution in [0.5, 0.6) is 0 Å². The maximum absolute atomic E-state index is 12.5. The predicted molar refractivity (Wildman–Crippen MR) is 112 cm³/mol. The van der Waals surface area contributed by atoms with Crippen LogP contribution in [-0.2, 0) is 0 Å². The topological polar surface area (TPSA) is 54.9 Å². The largest absolute Gasteiger partial charge is 0.322 e. The van der Waals surface area contributed by atoms with Crippen molar-refractivity contribution in [1.29, 1.82) is 0 Å². The molecule has 2 aromatic carbocycles. The van der Waals surface area contributed by atoms with Crippen LogP contribution in [0.1, 0.15) is 15.9 Å². The number of hydrogen-bond donors (Lipinski definition) is 1. The molecule has 4 rings (SSSR count). The van der Waals surface area contributed by atoms with Gasteiger partial charge in [0.2, 0.25) is 0 Å². The molecule has 0 atom stereocenters. The van der Waals surface area contributed by atoms with Gasteiger partial charge < -0.3 is 5.32 Å². The molecule has 27 heavy (non-hydrogen) atoms. The van der Waals surface area contributed by atoms with E-state index >= 15 is 0 Å². The van der Waals surface area contributed by atoms with Gasteiger partial charge in [0.15, 0.2) is 0 Å². The van der Waals surface area contributed by atoms with E-state index in [2.05, 4.69) is 15.3 Å². The van der Waals surface area contributed by atoms with Gasteiger partial charge in [-0.25, -0.2) is 9.97 Å². The maximum atomic E-state index is 12.5. The number of anilines is 1. The minimum absolute atomic E-state index is 0.303. The lowest BCUT2D eigenvalue weighted by Crippen LogP contribution is -2.13. The number of rotatable bonds is 3. The fraction of sp³-hybridized carbons (Fsp3) is 0.0500. The van der Waals surface area contributed by atoms with E-state index in [1.807, 2.05) is 37.3 Å². The highest BCUT2D eigenvalue weighted by Gasteiger charge is 2.14. The molecule has 0 radical (unpaired) electrons. The van der Waals surface area contributed by atoms with Gasteiger partial charge >= 0.3 is 0 Å². The first kappa shape index (κ1) is 17.9. The van der Waals surface area contributed by atoms with E-state index in [-0.39, 0.29) is 5.91 Å². The SMILES string of the molecule is Cc1cc(-c2nc3cccnc3s2)ccc1NC(=O)c1cc(Cl)ccc1Cl. The molecule has 0 bridgehead atoms. The van der Waals surface area contributed by atoms with Gasteiger partial charge in [0.05, 0.1) is 10.6 Å². The summed E-state index contributed by atoms with van der Waals surface area (Å²) in [6, 6.07) is 14.4. The number of thiazole rings is 1. The Morgan fingerprint density at radius 3 is 2.74 bits per heavy atom. The average molecular weight is 414 g/mol. The van der Waals surface area contributed by atoms with Crippen molar-refractivity contribution in [3.05, 3.63) is 75.9 Å². The molecule has 1 amide bonds. The molecule has 2 aromatic heterocycles. The van der Waals surface area contributed by atoms with Gasteiger partial charge in [-0.15, -0.1) is 0 Å². The summed E-state index contributed by atoms with van der Waals surface area (Å²) in [6.45, 7) is 1.93. The molecular weight excluding hydrogens is 401 g/mol. The first-order valence-corrected chi connectivity index (χ1v) is 9.67. The van der Waals surface area contributed by atoms with Gasteiger partial charge in [-0.1, -0.05) is 34.5 Å². The van der Waals surface area contributed by atoms with E-state index in [1.54, 1.807) is 24.4 Å². The Hall–Kier alpha value is -2.47. The molecule has 2 heterocycles. The van der Waals surface area contributed by atoms with E-state index in [9.17, 15) is 4.79 Å². The summed E-state index contributed by atoms with van der Waals surface area (Å²) in [7, 11) is 0. The molecule has 0 spiro atoms. The number of halogens is 2. The van der Waals surface area contributed by atoms with Crippen LogP contribution in [0.3, 0.4) is 0 Å². The maximum Gasteiger partial charge on any atom is 0.257 e. The molecule has 7 heteroatoms. The molecule has 4 aromatic rings. The molecule has 134 valence electrons. The highest BCUT2D eigenvalue weighted by molar-refractivity contribution is 7.21. The van der Waals surface area contributed by atoms with Gasteiger partial charge in [0.25, 0.3) is 5.91 Å². The lowest BCUT2D eigenvalue weighted by Gasteiger charge is -2.11. The van der Waals surface area contributed by atoms with E-state index in [1.165, 1.54) is 11.3 Å². The lowest BCUT2D eigenvalue weighted by molar-refractivity contribution is 0.102. The third kappa shape index (κ3) is 3.67. The second-order valence-corrected chi connectivity index (χ2v) is 7.78. The normalized spacial score (nSPS) is 10.9. The number of amides is 1. The molecule has 0 fully saturated rings. The van der Waals surface area contributed by atoms with Crippen molar-refractivity contribution >= 4 is 56.5 Å². The number of aryl methyl sites for hydroxylation is 1. The Bertz CT molecular complexity index is 1140. The van der Waals surface area contributed by atoms with Crippen LogP contribution < -0.4 is 5.32 Å². The molecule has 0 unspecified atom stereocenters. The Labute approximate surface area is 169 Å². The molecule has 4 nitrogen and oxygen atoms in total. The number of nitrogens with zero attached hydrogens (tertiary/aromatic N) is 2. The Morgan fingerprint density at radius 2 is 1.96 bits per heavy atom. The van der Waals surface area contributed by atoms with Gasteiger partial charge in [-0.2, -0.15) is 0 Å². The zero-order chi connectivity index (χ0) is 19.0. The molecular formula is C20H13Cl2N3OS. The number of carbonyl (C=O) groups is 1. The lowest BCUT2D eigenvalue weighted by atomic mass is 10.1. The van der Waals surface area contributed by atoms with Gasteiger partial charge in [-0.05, 0) is 61.0 Å². The molecule has 0 aliphatic heterocycles. The summed E-state index contributed by atoms with van der Waals surface area (Å²) in [4.78, 5) is 22.4. The highest BCUT2D eigenvalue weighted by atomic mass is 35.5. The Kier molecular flexibility index (Phi) is 4.83. The monoisotopic (exact) mass is 413 g/mol. The van der Waals surface area contributed by atoms with Crippen molar-refractivity contribution in [2.24, 2.45) is 0 Å². The Morgan fingerprint density at radius 1 is 1.11 bits per heavy atom. The van der Waals surface area contributed by atoms with Crippen LogP contribution in [0.15, 0.2) is 54.7 Å². The average Bonchev–Trinajstić information content (AvgIpc) is 3.09. The molecule has 1 N–H and O–H groups in total. The van der Waals surface area contributed by atoms with Crippen LogP contribution in [0, 0.1) is 6.92 Å². The van der Waals surface area contributed by atoms with Crippen LogP contribution in [0.2, 0.25) is 10.0 Å². The standard InChI is InChI=1S/C20H13Cl2N3OS/c1-11-9-12(19-25-17-3-2-8-23-20(17)27-19)4-7-16(11)24-18(26)14-10-13(21)5-6-15(14)22/h2-10H,1H3,(H,24,26). The second-order valence-electron chi connectivity index (χ2n) is 5.95. The van der Waals surface area contributed by atoms with Crippen LogP contribution in [0.4, 0.5) is 5.69 Å². The summed E-state index contributed by atoms with van der Waals surface area (Å²) >= 11 is 13.6. The van der Waals surface area contributed by atoms with E-state index < -0.39 is 0 Å². The van der Waals surface area contributed by atoms with Gasteiger partial charge in [0, 0.05) is 22.5 Å². The number of benzene rings is 2. The Balaban J connectivity index is 1.62. The van der Waals surface area contributed by atoms with Gasteiger partial charge in [-0.3, -0.25) is 4.79 Å². The van der Waals surface area contributed by atoms with Crippen molar-refractivity contribution in [2.75, 3.05) is 5.32 Å². The summed E-state index contributed by atoms with van der Waals surface area (Å²) in [6.07, 6.45) is 1.76. The minimum atomic E-state index is -0.303. The molecule has 0 saturated carbocycles. The third-order valence-corrected chi connectivity index (χ3v) is 5.65. The molecule has 0 saturated heterocycles. The molecule has 0 aliphatic rings. The van der Waals surface area contributed by atoms with Crippen molar-refractivity contribution in [3.63, 3.8) is 0 Å². The summed E-state index contributed by atoms with van der Waals surface area (Å²) < 4.78 is 0. The van der Waals surface area contributed by atoms with Crippen molar-refractivity contribution in [2.45, 2.75) is 6.92 Å². The zero-order valence-electron chi connectivity index (χ0n) is 14.2. The number of carbonyl (C=O) groups excluding carboxylic acids is 1. The predicted octanol–water partition coefficient (Wildman–Crippen LogP) is 6.23. The van der Waals surface area contributed by atoms with E-state index in [0.29, 0.717) is 21.3 Å². The fourth-order valence-electron chi connectivity index (χ4n) is 2.69. The second kappa shape index (κ2) is 7.27. The summed E-state index contributed by atoms with van der Waals surface area (Å²) in [5.74, 6) is -0.303. The van der Waals surface area contributed by atoms with Crippen LogP contribution >= 0.6 is 34.5 Å². The number of pyridine rings is 1. The number of fused-ring (bicyclic) bond motifs is 1. The van der Waals surface area contributed by atoms with Crippen LogP contribution in [0.25, 0.3) is 20.9 Å². The number of hydrogen-bond acceptors (Lipinski definition) is 4.